The van der Waals surface area contributed by atoms with Crippen LogP contribution < -0.4 is 20.1 Å². The van der Waals surface area contributed by atoms with Crippen LogP contribution in [0.1, 0.15) is 16.7 Å². The van der Waals surface area contributed by atoms with E-state index in [9.17, 15) is 14.4 Å². The number of carbonyl (C=O) groups excluding carboxylic acids is 3. The lowest BCUT2D eigenvalue weighted by Gasteiger charge is -2.20. The minimum absolute atomic E-state index is 0.0372. The molecule has 0 saturated heterocycles. The summed E-state index contributed by atoms with van der Waals surface area (Å²) in [4.78, 5) is 38.1. The number of hydrogen-bond acceptors (Lipinski definition) is 7. The molecule has 0 fully saturated rings. The van der Waals surface area contributed by atoms with E-state index in [1.54, 1.807) is 42.5 Å². The van der Waals surface area contributed by atoms with E-state index < -0.39 is 24.2 Å². The van der Waals surface area contributed by atoms with Crippen LogP contribution in [0.15, 0.2) is 103 Å². The van der Waals surface area contributed by atoms with Crippen LogP contribution in [0.3, 0.4) is 0 Å². The van der Waals surface area contributed by atoms with Crippen molar-refractivity contribution in [3.8, 4) is 11.5 Å². The van der Waals surface area contributed by atoms with Gasteiger partial charge in [0.25, 0.3) is 0 Å². The molecule has 0 aliphatic heterocycles. The summed E-state index contributed by atoms with van der Waals surface area (Å²) < 4.78 is 21.0. The number of alkyl carbamates (subject to hydrolysis) is 1. The lowest BCUT2D eigenvalue weighted by atomic mass is 10.0. The average molecular weight is 589 g/mol. The van der Waals surface area contributed by atoms with Crippen LogP contribution in [0.5, 0.6) is 11.5 Å². The Hall–Kier alpha value is -5.02. The Morgan fingerprint density at radius 2 is 1.38 bits per heavy atom. The van der Waals surface area contributed by atoms with Gasteiger partial charge in [-0.2, -0.15) is 0 Å². The van der Waals surface area contributed by atoms with E-state index in [-0.39, 0.29) is 25.4 Å². The molecule has 0 heterocycles. The Labute approximate surface area is 248 Å². The molecule has 0 saturated carbocycles. The van der Waals surface area contributed by atoms with E-state index in [4.69, 9.17) is 30.5 Å². The highest BCUT2D eigenvalue weighted by Crippen LogP contribution is 2.28. The van der Waals surface area contributed by atoms with Crippen molar-refractivity contribution in [3.05, 3.63) is 125 Å². The van der Waals surface area contributed by atoms with Crippen molar-refractivity contribution in [1.29, 1.82) is 0 Å². The molecule has 2 N–H and O–H groups in total. The number of rotatable bonds is 11. The molecule has 0 aliphatic carbocycles. The molecule has 4 rings (SSSR count). The largest absolute Gasteiger partial charge is 0.514 e. The van der Waals surface area contributed by atoms with Crippen molar-refractivity contribution in [1.82, 2.24) is 5.32 Å². The molecule has 42 heavy (non-hydrogen) atoms. The molecular weight excluding hydrogens is 560 g/mol. The lowest BCUT2D eigenvalue weighted by Crippen LogP contribution is -2.45. The molecule has 0 aromatic heterocycles. The van der Waals surface area contributed by atoms with E-state index in [1.807, 2.05) is 60.7 Å². The van der Waals surface area contributed by atoms with Gasteiger partial charge >= 0.3 is 12.2 Å². The predicted octanol–water partition coefficient (Wildman–Crippen LogP) is 6.54. The molecule has 2 amide bonds. The highest BCUT2D eigenvalue weighted by Gasteiger charge is 2.24. The third kappa shape index (κ3) is 9.28. The van der Waals surface area contributed by atoms with Crippen molar-refractivity contribution >= 4 is 35.4 Å². The van der Waals surface area contributed by atoms with Gasteiger partial charge in [-0.3, -0.25) is 4.79 Å². The zero-order valence-electron chi connectivity index (χ0n) is 22.7. The number of halogens is 1. The van der Waals surface area contributed by atoms with Gasteiger partial charge in [0.2, 0.25) is 5.91 Å². The third-order valence-corrected chi connectivity index (χ3v) is 6.24. The number of nitrogens with one attached hydrogen (secondary N) is 2. The Balaban J connectivity index is 1.41. The van der Waals surface area contributed by atoms with Crippen LogP contribution in [0.4, 0.5) is 15.3 Å². The second-order valence-corrected chi connectivity index (χ2v) is 9.50. The van der Waals surface area contributed by atoms with Crippen molar-refractivity contribution < 1.29 is 33.3 Å². The van der Waals surface area contributed by atoms with E-state index in [1.165, 1.54) is 7.11 Å². The first kappa shape index (κ1) is 30.0. The Bertz CT molecular complexity index is 1480. The Morgan fingerprint density at radius 1 is 0.762 bits per heavy atom. The lowest BCUT2D eigenvalue weighted by molar-refractivity contribution is -0.118. The van der Waals surface area contributed by atoms with Crippen LogP contribution in [0, 0.1) is 0 Å². The van der Waals surface area contributed by atoms with Gasteiger partial charge in [-0.25, -0.2) is 9.59 Å². The molecule has 4 aromatic rings. The summed E-state index contributed by atoms with van der Waals surface area (Å²) in [7, 11) is 1.47. The number of amides is 2. The molecule has 4 aromatic carbocycles. The standard InChI is InChI=1S/C32H29ClN2O7/c1-39-29-17-14-25(33)19-27(29)34-30(36)28(35-31(37)40-20-23-8-4-2-5-9-23)18-22-12-15-26(16-13-22)42-32(38)41-21-24-10-6-3-7-11-24/h2-17,19,28H,18,20-21H2,1H3,(H,34,36)(H,35,37). The number of anilines is 1. The van der Waals surface area contributed by atoms with Crippen molar-refractivity contribution in [2.24, 2.45) is 0 Å². The first-order valence-corrected chi connectivity index (χ1v) is 13.4. The summed E-state index contributed by atoms with van der Waals surface area (Å²) >= 11 is 6.11. The monoisotopic (exact) mass is 588 g/mol. The summed E-state index contributed by atoms with van der Waals surface area (Å²) in [5, 5.41) is 5.80. The number of methoxy groups -OCH3 is 1. The van der Waals surface area contributed by atoms with Crippen LogP contribution in [-0.4, -0.2) is 31.3 Å². The van der Waals surface area contributed by atoms with Gasteiger partial charge in [-0.1, -0.05) is 84.4 Å². The molecule has 0 spiro atoms. The molecule has 216 valence electrons. The quantitative estimate of drug-likeness (QED) is 0.151. The summed E-state index contributed by atoms with van der Waals surface area (Å²) in [5.41, 5.74) is 2.66. The van der Waals surface area contributed by atoms with Crippen LogP contribution >= 0.6 is 11.6 Å². The number of hydrogen-bond donors (Lipinski definition) is 2. The van der Waals surface area contributed by atoms with Crippen molar-refractivity contribution in [2.75, 3.05) is 12.4 Å². The maximum Gasteiger partial charge on any atom is 0.514 e. The molecule has 9 nitrogen and oxygen atoms in total. The smallest absolute Gasteiger partial charge is 0.495 e. The highest BCUT2D eigenvalue weighted by molar-refractivity contribution is 6.31. The molecule has 10 heteroatoms. The minimum Gasteiger partial charge on any atom is -0.495 e. The maximum atomic E-state index is 13.3. The SMILES string of the molecule is COc1ccc(Cl)cc1NC(=O)C(Cc1ccc(OC(=O)OCc2ccccc2)cc1)NC(=O)OCc1ccccc1. The summed E-state index contributed by atoms with van der Waals surface area (Å²) in [5.74, 6) is 0.146. The highest BCUT2D eigenvalue weighted by atomic mass is 35.5. The fourth-order valence-electron chi connectivity index (χ4n) is 3.89. The first-order chi connectivity index (χ1) is 20.4. The average Bonchev–Trinajstić information content (AvgIpc) is 3.01. The fraction of sp³-hybridized carbons (Fsp3) is 0.156. The summed E-state index contributed by atoms with van der Waals surface area (Å²) in [6.07, 6.45) is -1.51. The Kier molecular flexibility index (Phi) is 10.8. The number of ether oxygens (including phenoxy) is 4. The zero-order chi connectivity index (χ0) is 29.7. The molecular formula is C32H29ClN2O7. The van der Waals surface area contributed by atoms with Gasteiger partial charge in [0, 0.05) is 11.4 Å². The van der Waals surface area contributed by atoms with Gasteiger partial charge in [0.1, 0.15) is 30.8 Å². The molecule has 0 radical (unpaired) electrons. The van der Waals surface area contributed by atoms with Gasteiger partial charge in [0.15, 0.2) is 0 Å². The van der Waals surface area contributed by atoms with Gasteiger partial charge in [-0.05, 0) is 47.0 Å². The predicted molar refractivity (Wildman–Crippen MR) is 158 cm³/mol. The van der Waals surface area contributed by atoms with E-state index in [2.05, 4.69) is 10.6 Å². The summed E-state index contributed by atoms with van der Waals surface area (Å²) in [6, 6.07) is 28.7. The molecule has 1 unspecified atom stereocenters. The van der Waals surface area contributed by atoms with Crippen LogP contribution in [-0.2, 0) is 33.9 Å². The van der Waals surface area contributed by atoms with Gasteiger partial charge in [-0.15, -0.1) is 0 Å². The maximum absolute atomic E-state index is 13.3. The van der Waals surface area contributed by atoms with E-state index in [0.29, 0.717) is 22.0 Å². The van der Waals surface area contributed by atoms with Crippen molar-refractivity contribution in [3.63, 3.8) is 0 Å². The number of carbonyl (C=O) groups is 3. The Morgan fingerprint density at radius 3 is 2.00 bits per heavy atom. The fourth-order valence-corrected chi connectivity index (χ4v) is 4.06. The van der Waals surface area contributed by atoms with Crippen LogP contribution in [0.2, 0.25) is 5.02 Å². The van der Waals surface area contributed by atoms with E-state index >= 15 is 0 Å². The van der Waals surface area contributed by atoms with Crippen LogP contribution in [0.25, 0.3) is 0 Å². The summed E-state index contributed by atoms with van der Waals surface area (Å²) in [6.45, 7) is 0.119. The topological polar surface area (TPSA) is 112 Å². The van der Waals surface area contributed by atoms with E-state index in [0.717, 1.165) is 11.1 Å². The first-order valence-electron chi connectivity index (χ1n) is 13.0. The minimum atomic E-state index is -1.03. The van der Waals surface area contributed by atoms with Crippen molar-refractivity contribution in [2.45, 2.75) is 25.7 Å². The second kappa shape index (κ2) is 15.1. The van der Waals surface area contributed by atoms with Gasteiger partial charge in [0.05, 0.1) is 12.8 Å². The van der Waals surface area contributed by atoms with Gasteiger partial charge < -0.3 is 29.6 Å². The molecule has 1 atom stereocenters. The normalized spacial score (nSPS) is 11.1. The molecule has 0 aliphatic rings. The second-order valence-electron chi connectivity index (χ2n) is 9.07. The number of benzene rings is 4. The molecule has 0 bridgehead atoms. The zero-order valence-corrected chi connectivity index (χ0v) is 23.5. The third-order valence-electron chi connectivity index (χ3n) is 6.00.